The molecule has 160 valence electrons. The molecule has 0 saturated carbocycles. The van der Waals surface area contributed by atoms with Gasteiger partial charge in [-0.1, -0.05) is 48.5 Å². The Morgan fingerprint density at radius 3 is 2.23 bits per heavy atom. The van der Waals surface area contributed by atoms with Crippen LogP contribution in [-0.4, -0.2) is 32.4 Å². The molecule has 31 heavy (non-hydrogen) atoms. The number of hydrogen-bond acceptors (Lipinski definition) is 4. The van der Waals surface area contributed by atoms with Gasteiger partial charge in [0.2, 0.25) is 15.9 Å². The molecule has 0 fully saturated rings. The first-order valence-corrected chi connectivity index (χ1v) is 11.3. The fourth-order valence-corrected chi connectivity index (χ4v) is 4.36. The minimum atomic E-state index is -3.90. The molecule has 6 nitrogen and oxygen atoms in total. The molecular weight excluding hydrogens is 419 g/mol. The third-order valence-electron chi connectivity index (χ3n) is 4.62. The number of carbonyl (C=O) groups is 2. The van der Waals surface area contributed by atoms with E-state index in [0.717, 1.165) is 16.6 Å². The van der Waals surface area contributed by atoms with E-state index >= 15 is 0 Å². The molecule has 3 aromatic carbocycles. The number of anilines is 2. The second kappa shape index (κ2) is 9.09. The van der Waals surface area contributed by atoms with Gasteiger partial charge < -0.3 is 5.32 Å². The van der Waals surface area contributed by atoms with Crippen molar-refractivity contribution in [3.8, 4) is 0 Å². The number of nitrogens with one attached hydrogen (secondary N) is 1. The average molecular weight is 440 g/mol. The monoisotopic (exact) mass is 440 g/mol. The fourth-order valence-electron chi connectivity index (χ4n) is 3.19. The summed E-state index contributed by atoms with van der Waals surface area (Å²) in [5, 5.41) is 2.64. The first kappa shape index (κ1) is 22.2. The molecule has 0 bridgehead atoms. The molecule has 0 radical (unpaired) electrons. The smallest absolute Gasteiger partial charge is 0.248 e. The standard InChI is InChI=1S/C23H21FN2O4S/c1-16(26(31(2,29)30)19-12-8-11-18(24)15-19)23(28)25-21-14-7-6-13-20(21)22(27)17-9-4-3-5-10-17/h3-16H,1-2H3,(H,25,28)/t16-/m1/s1. The number of halogens is 1. The van der Waals surface area contributed by atoms with Crippen LogP contribution in [0.1, 0.15) is 22.8 Å². The van der Waals surface area contributed by atoms with E-state index in [9.17, 15) is 22.4 Å². The summed E-state index contributed by atoms with van der Waals surface area (Å²) in [4.78, 5) is 25.8. The number of benzene rings is 3. The summed E-state index contributed by atoms with van der Waals surface area (Å²) in [6.45, 7) is 1.39. The van der Waals surface area contributed by atoms with Crippen molar-refractivity contribution >= 4 is 33.1 Å². The molecule has 0 aliphatic heterocycles. The number of rotatable bonds is 7. The van der Waals surface area contributed by atoms with E-state index in [2.05, 4.69) is 5.32 Å². The van der Waals surface area contributed by atoms with Crippen LogP contribution >= 0.6 is 0 Å². The lowest BCUT2D eigenvalue weighted by atomic mass is 10.0. The van der Waals surface area contributed by atoms with Crippen LogP contribution in [0.15, 0.2) is 78.9 Å². The Hall–Kier alpha value is -3.52. The summed E-state index contributed by atoms with van der Waals surface area (Å²) < 4.78 is 39.3. The predicted octanol–water partition coefficient (Wildman–Crippen LogP) is 3.85. The minimum Gasteiger partial charge on any atom is -0.324 e. The maximum atomic E-state index is 13.7. The molecule has 0 saturated heterocycles. The first-order chi connectivity index (χ1) is 14.7. The lowest BCUT2D eigenvalue weighted by molar-refractivity contribution is -0.116. The first-order valence-electron chi connectivity index (χ1n) is 9.43. The van der Waals surface area contributed by atoms with Crippen LogP contribution < -0.4 is 9.62 Å². The Balaban J connectivity index is 1.91. The Morgan fingerprint density at radius 2 is 1.58 bits per heavy atom. The van der Waals surface area contributed by atoms with Gasteiger partial charge in [-0.15, -0.1) is 0 Å². The number of amides is 1. The Morgan fingerprint density at radius 1 is 0.935 bits per heavy atom. The average Bonchev–Trinajstić information content (AvgIpc) is 2.73. The lowest BCUT2D eigenvalue weighted by Gasteiger charge is -2.28. The van der Waals surface area contributed by atoms with Crippen molar-refractivity contribution in [1.29, 1.82) is 0 Å². The van der Waals surface area contributed by atoms with Crippen molar-refractivity contribution in [1.82, 2.24) is 0 Å². The van der Waals surface area contributed by atoms with Crippen molar-refractivity contribution < 1.29 is 22.4 Å². The van der Waals surface area contributed by atoms with E-state index in [-0.39, 0.29) is 22.7 Å². The Bertz CT molecular complexity index is 1210. The number of para-hydroxylation sites is 1. The van der Waals surface area contributed by atoms with Crippen LogP contribution in [0.2, 0.25) is 0 Å². The van der Waals surface area contributed by atoms with Crippen LogP contribution in [-0.2, 0) is 14.8 Å². The number of hydrogen-bond donors (Lipinski definition) is 1. The highest BCUT2D eigenvalue weighted by Gasteiger charge is 2.30. The molecule has 0 heterocycles. The zero-order valence-corrected chi connectivity index (χ0v) is 17.8. The molecule has 8 heteroatoms. The van der Waals surface area contributed by atoms with Crippen molar-refractivity contribution in [3.05, 3.63) is 95.8 Å². The highest BCUT2D eigenvalue weighted by atomic mass is 32.2. The molecule has 0 aliphatic rings. The molecule has 1 atom stereocenters. The Labute approximate surface area is 180 Å². The van der Waals surface area contributed by atoms with Crippen molar-refractivity contribution in [3.63, 3.8) is 0 Å². The van der Waals surface area contributed by atoms with Crippen molar-refractivity contribution in [2.75, 3.05) is 15.9 Å². The summed E-state index contributed by atoms with van der Waals surface area (Å²) in [6, 6.07) is 18.9. The molecule has 0 unspecified atom stereocenters. The molecule has 1 amide bonds. The fraction of sp³-hybridized carbons (Fsp3) is 0.130. The maximum absolute atomic E-state index is 13.7. The minimum absolute atomic E-state index is 0.0267. The number of sulfonamides is 1. The van der Waals surface area contributed by atoms with Gasteiger partial charge >= 0.3 is 0 Å². The summed E-state index contributed by atoms with van der Waals surface area (Å²) in [6.07, 6.45) is 0.939. The number of ketones is 1. The van der Waals surface area contributed by atoms with E-state index in [0.29, 0.717) is 5.56 Å². The zero-order chi connectivity index (χ0) is 22.6. The number of nitrogens with zero attached hydrogens (tertiary/aromatic N) is 1. The van der Waals surface area contributed by atoms with Crippen LogP contribution in [0.5, 0.6) is 0 Å². The van der Waals surface area contributed by atoms with E-state index in [1.807, 2.05) is 0 Å². The predicted molar refractivity (Wildman–Crippen MR) is 118 cm³/mol. The van der Waals surface area contributed by atoms with Gasteiger partial charge in [0, 0.05) is 11.1 Å². The summed E-state index contributed by atoms with van der Waals surface area (Å²) in [7, 11) is -3.90. The van der Waals surface area contributed by atoms with E-state index in [1.165, 1.54) is 25.1 Å². The van der Waals surface area contributed by atoms with Gasteiger partial charge in [-0.25, -0.2) is 12.8 Å². The van der Waals surface area contributed by atoms with E-state index in [4.69, 9.17) is 0 Å². The highest BCUT2D eigenvalue weighted by Crippen LogP contribution is 2.24. The van der Waals surface area contributed by atoms with Crippen molar-refractivity contribution in [2.45, 2.75) is 13.0 Å². The van der Waals surface area contributed by atoms with E-state index in [1.54, 1.807) is 54.6 Å². The van der Waals surface area contributed by atoms with E-state index < -0.39 is 27.8 Å². The largest absolute Gasteiger partial charge is 0.324 e. The van der Waals surface area contributed by atoms with Crippen LogP contribution in [0, 0.1) is 5.82 Å². The summed E-state index contributed by atoms with van der Waals surface area (Å²) in [5.41, 5.74) is 1.00. The topological polar surface area (TPSA) is 83.6 Å². The highest BCUT2D eigenvalue weighted by molar-refractivity contribution is 7.92. The van der Waals surface area contributed by atoms with Gasteiger partial charge in [-0.05, 0) is 37.3 Å². The van der Waals surface area contributed by atoms with Gasteiger partial charge in [0.25, 0.3) is 0 Å². The molecule has 3 aromatic rings. The summed E-state index contributed by atoms with van der Waals surface area (Å²) >= 11 is 0. The van der Waals surface area contributed by atoms with Gasteiger partial charge in [0.05, 0.1) is 17.6 Å². The van der Waals surface area contributed by atoms with Crippen LogP contribution in [0.25, 0.3) is 0 Å². The quantitative estimate of drug-likeness (QED) is 0.566. The molecule has 1 N–H and O–H groups in total. The molecule has 0 spiro atoms. The maximum Gasteiger partial charge on any atom is 0.248 e. The molecule has 0 aromatic heterocycles. The lowest BCUT2D eigenvalue weighted by Crippen LogP contribution is -2.45. The van der Waals surface area contributed by atoms with Gasteiger partial charge in [0.15, 0.2) is 5.78 Å². The third-order valence-corrected chi connectivity index (χ3v) is 5.86. The number of carbonyl (C=O) groups excluding carboxylic acids is 2. The summed E-state index contributed by atoms with van der Waals surface area (Å²) in [5.74, 6) is -1.57. The van der Waals surface area contributed by atoms with Gasteiger partial charge in [-0.2, -0.15) is 0 Å². The molecule has 3 rings (SSSR count). The zero-order valence-electron chi connectivity index (χ0n) is 16.9. The van der Waals surface area contributed by atoms with Crippen molar-refractivity contribution in [2.24, 2.45) is 0 Å². The Kier molecular flexibility index (Phi) is 6.50. The second-order valence-corrected chi connectivity index (χ2v) is 8.80. The SMILES string of the molecule is C[C@H](C(=O)Nc1ccccc1C(=O)c1ccccc1)N(c1cccc(F)c1)S(C)(=O)=O. The van der Waals surface area contributed by atoms with Crippen LogP contribution in [0.3, 0.4) is 0 Å². The third kappa shape index (κ3) is 5.16. The second-order valence-electron chi connectivity index (χ2n) is 6.94. The van der Waals surface area contributed by atoms with Gasteiger partial charge in [-0.3, -0.25) is 13.9 Å². The van der Waals surface area contributed by atoms with Crippen LogP contribution in [0.4, 0.5) is 15.8 Å². The molecular formula is C23H21FN2O4S. The normalized spacial score (nSPS) is 12.1. The molecule has 0 aliphatic carbocycles. The van der Waals surface area contributed by atoms with Gasteiger partial charge in [0.1, 0.15) is 11.9 Å².